The summed E-state index contributed by atoms with van der Waals surface area (Å²) in [7, 11) is 0. The van der Waals surface area contributed by atoms with Gasteiger partial charge < -0.3 is 4.74 Å². The van der Waals surface area contributed by atoms with Gasteiger partial charge in [0.1, 0.15) is 5.75 Å². The van der Waals surface area contributed by atoms with Crippen molar-refractivity contribution < 1.29 is 19.2 Å². The Hall–Kier alpha value is -3.13. The van der Waals surface area contributed by atoms with Crippen molar-refractivity contribution in [1.82, 2.24) is 4.90 Å². The highest BCUT2D eigenvalue weighted by atomic mass is 32.2. The van der Waals surface area contributed by atoms with Crippen LogP contribution in [0.1, 0.15) is 18.1 Å². The molecule has 2 amide bonds. The minimum absolute atomic E-state index is 0.0386. The summed E-state index contributed by atoms with van der Waals surface area (Å²) >= 11 is 0.877. The van der Waals surface area contributed by atoms with E-state index in [0.29, 0.717) is 17.1 Å². The topological polar surface area (TPSA) is 89.8 Å². The standard InChI is InChI=1S/C19H16N2O5S/c1-2-26-16-9-5-13(6-10-16)11-17-18(22)20(19(23)27-17)12-14-3-7-15(8-4-14)21(24)25/h3-11H,2,12H2,1H3. The summed E-state index contributed by atoms with van der Waals surface area (Å²) in [5, 5.41) is 10.3. The van der Waals surface area contributed by atoms with E-state index in [-0.39, 0.29) is 23.4 Å². The lowest BCUT2D eigenvalue weighted by Crippen LogP contribution is -2.27. The lowest BCUT2D eigenvalue weighted by Gasteiger charge is -2.12. The molecule has 1 aliphatic rings. The molecule has 1 fully saturated rings. The molecule has 0 bridgehead atoms. The summed E-state index contributed by atoms with van der Waals surface area (Å²) in [5.74, 6) is 0.359. The zero-order chi connectivity index (χ0) is 19.4. The van der Waals surface area contributed by atoms with Gasteiger partial charge in [-0.05, 0) is 48.0 Å². The molecule has 2 aromatic rings. The molecule has 7 nitrogen and oxygen atoms in total. The molecule has 1 aliphatic heterocycles. The van der Waals surface area contributed by atoms with E-state index >= 15 is 0 Å². The van der Waals surface area contributed by atoms with Crippen LogP contribution >= 0.6 is 11.8 Å². The second-order valence-electron chi connectivity index (χ2n) is 5.69. The first-order chi connectivity index (χ1) is 13.0. The third-order valence-corrected chi connectivity index (χ3v) is 4.76. The first-order valence-corrected chi connectivity index (χ1v) is 9.01. The zero-order valence-electron chi connectivity index (χ0n) is 14.5. The number of hydrogen-bond acceptors (Lipinski definition) is 6. The van der Waals surface area contributed by atoms with Gasteiger partial charge in [-0.2, -0.15) is 0 Å². The predicted octanol–water partition coefficient (Wildman–Crippen LogP) is 4.23. The summed E-state index contributed by atoms with van der Waals surface area (Å²) in [4.78, 5) is 36.4. The number of imide groups is 1. The van der Waals surface area contributed by atoms with Crippen LogP contribution in [0.2, 0.25) is 0 Å². The van der Waals surface area contributed by atoms with Crippen LogP contribution in [0.3, 0.4) is 0 Å². The van der Waals surface area contributed by atoms with Crippen LogP contribution in [0, 0.1) is 10.1 Å². The Morgan fingerprint density at radius 1 is 1.11 bits per heavy atom. The number of amides is 2. The molecule has 0 saturated carbocycles. The van der Waals surface area contributed by atoms with E-state index in [2.05, 4.69) is 0 Å². The number of nitrogens with zero attached hydrogens (tertiary/aromatic N) is 2. The van der Waals surface area contributed by atoms with Gasteiger partial charge in [-0.1, -0.05) is 24.3 Å². The van der Waals surface area contributed by atoms with Crippen molar-refractivity contribution in [3.05, 3.63) is 74.7 Å². The first-order valence-electron chi connectivity index (χ1n) is 8.19. The van der Waals surface area contributed by atoms with E-state index in [1.807, 2.05) is 19.1 Å². The van der Waals surface area contributed by atoms with E-state index in [1.165, 1.54) is 24.3 Å². The molecule has 1 saturated heterocycles. The molecule has 2 aromatic carbocycles. The van der Waals surface area contributed by atoms with Crippen LogP contribution in [0.15, 0.2) is 53.4 Å². The minimum atomic E-state index is -0.497. The van der Waals surface area contributed by atoms with E-state index < -0.39 is 4.92 Å². The highest BCUT2D eigenvalue weighted by molar-refractivity contribution is 8.18. The molecule has 27 heavy (non-hydrogen) atoms. The molecule has 0 N–H and O–H groups in total. The normalized spacial score (nSPS) is 15.4. The van der Waals surface area contributed by atoms with Crippen molar-refractivity contribution in [2.45, 2.75) is 13.5 Å². The van der Waals surface area contributed by atoms with Crippen molar-refractivity contribution in [2.24, 2.45) is 0 Å². The minimum Gasteiger partial charge on any atom is -0.494 e. The second-order valence-corrected chi connectivity index (χ2v) is 6.69. The summed E-state index contributed by atoms with van der Waals surface area (Å²) in [5.41, 5.74) is 1.40. The highest BCUT2D eigenvalue weighted by Crippen LogP contribution is 2.33. The summed E-state index contributed by atoms with van der Waals surface area (Å²) in [6, 6.07) is 13.0. The van der Waals surface area contributed by atoms with Gasteiger partial charge in [0.05, 0.1) is 23.0 Å². The van der Waals surface area contributed by atoms with Gasteiger partial charge in [0.2, 0.25) is 0 Å². The lowest BCUT2D eigenvalue weighted by molar-refractivity contribution is -0.384. The Balaban J connectivity index is 1.73. The molecule has 1 heterocycles. The fourth-order valence-corrected chi connectivity index (χ4v) is 3.36. The van der Waals surface area contributed by atoms with Crippen LogP contribution < -0.4 is 4.74 Å². The molecule has 3 rings (SSSR count). The number of rotatable bonds is 6. The van der Waals surface area contributed by atoms with E-state index in [0.717, 1.165) is 28.0 Å². The van der Waals surface area contributed by atoms with Crippen molar-refractivity contribution in [2.75, 3.05) is 6.61 Å². The summed E-state index contributed by atoms with van der Waals surface area (Å²) < 4.78 is 5.38. The number of nitro benzene ring substituents is 1. The molecular weight excluding hydrogens is 368 g/mol. The van der Waals surface area contributed by atoms with Gasteiger partial charge in [-0.25, -0.2) is 0 Å². The summed E-state index contributed by atoms with van der Waals surface area (Å²) in [6.45, 7) is 2.54. The molecule has 0 aliphatic carbocycles. The van der Waals surface area contributed by atoms with Crippen molar-refractivity contribution in [3.63, 3.8) is 0 Å². The molecule has 138 valence electrons. The largest absolute Gasteiger partial charge is 0.494 e. The van der Waals surface area contributed by atoms with Gasteiger partial charge in [0.15, 0.2) is 0 Å². The number of ether oxygens (including phenoxy) is 1. The molecular formula is C19H16N2O5S. The van der Waals surface area contributed by atoms with Gasteiger partial charge >= 0.3 is 0 Å². The zero-order valence-corrected chi connectivity index (χ0v) is 15.3. The Bertz CT molecular complexity index is 907. The van der Waals surface area contributed by atoms with Crippen LogP contribution in [-0.2, 0) is 11.3 Å². The van der Waals surface area contributed by atoms with Gasteiger partial charge in [-0.3, -0.25) is 24.6 Å². The van der Waals surface area contributed by atoms with Gasteiger partial charge in [0, 0.05) is 12.1 Å². The fraction of sp³-hybridized carbons (Fsp3) is 0.158. The number of carbonyl (C=O) groups excluding carboxylic acids is 2. The molecule has 0 radical (unpaired) electrons. The molecule has 8 heteroatoms. The van der Waals surface area contributed by atoms with Crippen LogP contribution in [0.4, 0.5) is 10.5 Å². The Labute approximate surface area is 159 Å². The van der Waals surface area contributed by atoms with Crippen molar-refractivity contribution >= 4 is 34.7 Å². The molecule has 0 aromatic heterocycles. The Kier molecular flexibility index (Phi) is 5.56. The van der Waals surface area contributed by atoms with E-state index in [1.54, 1.807) is 18.2 Å². The van der Waals surface area contributed by atoms with E-state index in [4.69, 9.17) is 4.74 Å². The predicted molar refractivity (Wildman–Crippen MR) is 102 cm³/mol. The third kappa shape index (κ3) is 4.35. The number of non-ortho nitro benzene ring substituents is 1. The summed E-state index contributed by atoms with van der Waals surface area (Å²) in [6.07, 6.45) is 1.66. The second kappa shape index (κ2) is 8.05. The van der Waals surface area contributed by atoms with Crippen LogP contribution in [0.5, 0.6) is 5.75 Å². The van der Waals surface area contributed by atoms with Crippen molar-refractivity contribution in [3.8, 4) is 5.75 Å². The average Bonchev–Trinajstić information content (AvgIpc) is 2.91. The van der Waals surface area contributed by atoms with Gasteiger partial charge in [0.25, 0.3) is 16.8 Å². The smallest absolute Gasteiger partial charge is 0.293 e. The van der Waals surface area contributed by atoms with Crippen molar-refractivity contribution in [1.29, 1.82) is 0 Å². The molecule has 0 spiro atoms. The number of benzene rings is 2. The first kappa shape index (κ1) is 18.7. The SMILES string of the molecule is CCOc1ccc(C=C2SC(=O)N(Cc3ccc([N+](=O)[O-])cc3)C2=O)cc1. The number of carbonyl (C=O) groups is 2. The monoisotopic (exact) mass is 384 g/mol. The molecule has 0 unspecified atom stereocenters. The number of hydrogen-bond donors (Lipinski definition) is 0. The number of thioether (sulfide) groups is 1. The fourth-order valence-electron chi connectivity index (χ4n) is 2.52. The number of nitro groups is 1. The van der Waals surface area contributed by atoms with Gasteiger partial charge in [-0.15, -0.1) is 0 Å². The maximum absolute atomic E-state index is 12.6. The Morgan fingerprint density at radius 2 is 1.78 bits per heavy atom. The highest BCUT2D eigenvalue weighted by Gasteiger charge is 2.35. The maximum Gasteiger partial charge on any atom is 0.293 e. The lowest BCUT2D eigenvalue weighted by atomic mass is 10.2. The van der Waals surface area contributed by atoms with Crippen LogP contribution in [-0.4, -0.2) is 27.6 Å². The Morgan fingerprint density at radius 3 is 2.37 bits per heavy atom. The quantitative estimate of drug-likeness (QED) is 0.421. The van der Waals surface area contributed by atoms with E-state index in [9.17, 15) is 19.7 Å². The third-order valence-electron chi connectivity index (χ3n) is 3.85. The maximum atomic E-state index is 12.6. The average molecular weight is 384 g/mol. The van der Waals surface area contributed by atoms with Crippen LogP contribution in [0.25, 0.3) is 6.08 Å². The molecule has 0 atom stereocenters.